The van der Waals surface area contributed by atoms with Crippen molar-refractivity contribution in [2.24, 2.45) is 16.8 Å². The molecule has 0 radical (unpaired) electrons. The van der Waals surface area contributed by atoms with E-state index in [1.807, 2.05) is 0 Å². The first-order valence-electron chi connectivity index (χ1n) is 6.14. The number of amides is 1. The number of amidine groups is 1. The normalized spacial score (nSPS) is 20.4. The molecule has 1 saturated heterocycles. The van der Waals surface area contributed by atoms with Crippen LogP contribution in [-0.4, -0.2) is 34.9 Å². The molecular weight excluding hydrogens is 249 g/mol. The summed E-state index contributed by atoms with van der Waals surface area (Å²) in [7, 11) is 0. The first kappa shape index (κ1) is 13.3. The Bertz CT molecular complexity index is 504. The van der Waals surface area contributed by atoms with Crippen molar-refractivity contribution in [3.8, 4) is 0 Å². The molecule has 0 aromatic heterocycles. The van der Waals surface area contributed by atoms with Crippen molar-refractivity contribution in [1.29, 1.82) is 0 Å². The van der Waals surface area contributed by atoms with Crippen LogP contribution in [0.25, 0.3) is 0 Å². The minimum absolute atomic E-state index is 0.136. The number of carbonyl (C=O) groups excluding carboxylic acids is 1. The van der Waals surface area contributed by atoms with Gasteiger partial charge in [0.1, 0.15) is 11.7 Å². The lowest BCUT2D eigenvalue weighted by molar-refractivity contribution is 0.0701. The van der Waals surface area contributed by atoms with E-state index >= 15 is 0 Å². The number of carbonyl (C=O) groups is 1. The van der Waals surface area contributed by atoms with Gasteiger partial charge in [-0.05, 0) is 31.0 Å². The topological polar surface area (TPSA) is 78.9 Å². The maximum atomic E-state index is 13.1. The number of nitrogens with two attached hydrogens (primary N) is 1. The minimum atomic E-state index is -0.434. The van der Waals surface area contributed by atoms with Crippen molar-refractivity contribution in [2.75, 3.05) is 13.1 Å². The summed E-state index contributed by atoms with van der Waals surface area (Å²) in [5.41, 5.74) is 5.89. The molecule has 1 aliphatic heterocycles. The van der Waals surface area contributed by atoms with Gasteiger partial charge in [-0.25, -0.2) is 4.39 Å². The van der Waals surface area contributed by atoms with E-state index in [4.69, 9.17) is 10.9 Å². The molecule has 0 aliphatic carbocycles. The predicted octanol–water partition coefficient (Wildman–Crippen LogP) is 1.42. The largest absolute Gasteiger partial charge is 0.409 e. The van der Waals surface area contributed by atoms with Crippen LogP contribution >= 0.6 is 0 Å². The fourth-order valence-electron chi connectivity index (χ4n) is 2.29. The Morgan fingerprint density at radius 3 is 3.00 bits per heavy atom. The van der Waals surface area contributed by atoms with Crippen LogP contribution in [0.15, 0.2) is 29.4 Å². The van der Waals surface area contributed by atoms with Crippen LogP contribution in [0.3, 0.4) is 0 Å². The predicted molar refractivity (Wildman–Crippen MR) is 68.4 cm³/mol. The van der Waals surface area contributed by atoms with Gasteiger partial charge in [-0.2, -0.15) is 0 Å². The van der Waals surface area contributed by atoms with Crippen molar-refractivity contribution in [2.45, 2.75) is 12.8 Å². The van der Waals surface area contributed by atoms with E-state index in [0.29, 0.717) is 18.7 Å². The second-order valence-electron chi connectivity index (χ2n) is 4.63. The van der Waals surface area contributed by atoms with Crippen molar-refractivity contribution < 1.29 is 14.4 Å². The lowest BCUT2D eigenvalue weighted by atomic mass is 9.96. The van der Waals surface area contributed by atoms with Gasteiger partial charge in [-0.3, -0.25) is 4.79 Å². The molecule has 1 aromatic carbocycles. The fourth-order valence-corrected chi connectivity index (χ4v) is 2.29. The Balaban J connectivity index is 2.11. The molecular formula is C13H16FN3O2. The number of oxime groups is 1. The molecule has 2 rings (SSSR count). The monoisotopic (exact) mass is 265 g/mol. The lowest BCUT2D eigenvalue weighted by Gasteiger charge is -2.32. The Labute approximate surface area is 110 Å². The molecule has 19 heavy (non-hydrogen) atoms. The molecule has 0 bridgehead atoms. The number of hydrogen-bond acceptors (Lipinski definition) is 3. The van der Waals surface area contributed by atoms with Crippen LogP contribution in [0.5, 0.6) is 0 Å². The average molecular weight is 265 g/mol. The highest BCUT2D eigenvalue weighted by Gasteiger charge is 2.26. The number of benzene rings is 1. The first-order chi connectivity index (χ1) is 9.11. The SMILES string of the molecule is NC(=NO)C1CCCN(C(=O)c2cccc(F)c2)C1. The van der Waals surface area contributed by atoms with Gasteiger partial charge in [0.25, 0.3) is 5.91 Å². The highest BCUT2D eigenvalue weighted by Crippen LogP contribution is 2.19. The Morgan fingerprint density at radius 2 is 2.32 bits per heavy atom. The lowest BCUT2D eigenvalue weighted by Crippen LogP contribution is -2.44. The Morgan fingerprint density at radius 1 is 1.53 bits per heavy atom. The van der Waals surface area contributed by atoms with E-state index in [9.17, 15) is 9.18 Å². The molecule has 0 saturated carbocycles. The highest BCUT2D eigenvalue weighted by molar-refractivity contribution is 5.94. The molecule has 1 aliphatic rings. The molecule has 1 unspecified atom stereocenters. The molecule has 3 N–H and O–H groups in total. The van der Waals surface area contributed by atoms with Gasteiger partial charge in [0.2, 0.25) is 0 Å². The number of rotatable bonds is 2. The Kier molecular flexibility index (Phi) is 3.99. The number of hydrogen-bond donors (Lipinski definition) is 2. The molecule has 1 atom stereocenters. The van der Waals surface area contributed by atoms with E-state index in [0.717, 1.165) is 12.8 Å². The molecule has 1 aromatic rings. The number of piperidine rings is 1. The van der Waals surface area contributed by atoms with Gasteiger partial charge >= 0.3 is 0 Å². The minimum Gasteiger partial charge on any atom is -0.409 e. The molecule has 1 fully saturated rings. The third kappa shape index (κ3) is 3.01. The smallest absolute Gasteiger partial charge is 0.253 e. The number of nitrogens with zero attached hydrogens (tertiary/aromatic N) is 2. The Hall–Kier alpha value is -2.11. The summed E-state index contributed by atoms with van der Waals surface area (Å²) in [6.45, 7) is 0.996. The second kappa shape index (κ2) is 5.69. The van der Waals surface area contributed by atoms with E-state index in [1.54, 1.807) is 11.0 Å². The first-order valence-corrected chi connectivity index (χ1v) is 6.14. The highest BCUT2D eigenvalue weighted by atomic mass is 19.1. The molecule has 102 valence electrons. The van der Waals surface area contributed by atoms with E-state index < -0.39 is 5.82 Å². The van der Waals surface area contributed by atoms with Gasteiger partial charge in [-0.1, -0.05) is 11.2 Å². The number of halogens is 1. The molecule has 6 heteroatoms. The van der Waals surface area contributed by atoms with Gasteiger partial charge in [-0.15, -0.1) is 0 Å². The maximum absolute atomic E-state index is 13.1. The molecule has 5 nitrogen and oxygen atoms in total. The van der Waals surface area contributed by atoms with Gasteiger partial charge in [0.05, 0.1) is 0 Å². The summed E-state index contributed by atoms with van der Waals surface area (Å²) < 4.78 is 13.1. The summed E-state index contributed by atoms with van der Waals surface area (Å²) in [6, 6.07) is 5.60. The quantitative estimate of drug-likeness (QED) is 0.367. The number of likely N-dealkylation sites (tertiary alicyclic amines) is 1. The summed E-state index contributed by atoms with van der Waals surface area (Å²) in [5.74, 6) is -0.668. The second-order valence-corrected chi connectivity index (χ2v) is 4.63. The van der Waals surface area contributed by atoms with E-state index in [1.165, 1.54) is 18.2 Å². The summed E-state index contributed by atoms with van der Waals surface area (Å²) >= 11 is 0. The van der Waals surface area contributed by atoms with Crippen molar-refractivity contribution in [3.63, 3.8) is 0 Å². The van der Waals surface area contributed by atoms with Gasteiger partial charge < -0.3 is 15.8 Å². The van der Waals surface area contributed by atoms with Crippen LogP contribution in [0, 0.1) is 11.7 Å². The third-order valence-electron chi connectivity index (χ3n) is 3.31. The van der Waals surface area contributed by atoms with Crippen molar-refractivity contribution in [3.05, 3.63) is 35.6 Å². The fraction of sp³-hybridized carbons (Fsp3) is 0.385. The zero-order valence-electron chi connectivity index (χ0n) is 10.4. The summed E-state index contributed by atoms with van der Waals surface area (Å²) in [6.07, 6.45) is 1.56. The average Bonchev–Trinajstić information content (AvgIpc) is 2.45. The standard InChI is InChI=1S/C13H16FN3O2/c14-11-5-1-3-9(7-11)13(18)17-6-2-4-10(8-17)12(15)16-19/h1,3,5,7,10,19H,2,4,6,8H2,(H2,15,16). The van der Waals surface area contributed by atoms with Crippen LogP contribution in [0.1, 0.15) is 23.2 Å². The van der Waals surface area contributed by atoms with Crippen LogP contribution in [0.2, 0.25) is 0 Å². The zero-order chi connectivity index (χ0) is 13.8. The van der Waals surface area contributed by atoms with Crippen LogP contribution < -0.4 is 5.73 Å². The van der Waals surface area contributed by atoms with Gasteiger partial charge in [0, 0.05) is 24.6 Å². The van der Waals surface area contributed by atoms with Crippen LogP contribution in [-0.2, 0) is 0 Å². The van der Waals surface area contributed by atoms with E-state index in [-0.39, 0.29) is 17.7 Å². The zero-order valence-corrected chi connectivity index (χ0v) is 10.4. The van der Waals surface area contributed by atoms with Crippen LogP contribution in [0.4, 0.5) is 4.39 Å². The third-order valence-corrected chi connectivity index (χ3v) is 3.31. The van der Waals surface area contributed by atoms with Gasteiger partial charge in [0.15, 0.2) is 0 Å². The van der Waals surface area contributed by atoms with E-state index in [2.05, 4.69) is 5.16 Å². The summed E-state index contributed by atoms with van der Waals surface area (Å²) in [4.78, 5) is 13.8. The van der Waals surface area contributed by atoms with Crippen molar-refractivity contribution >= 4 is 11.7 Å². The molecule has 1 heterocycles. The molecule has 0 spiro atoms. The maximum Gasteiger partial charge on any atom is 0.253 e. The summed E-state index contributed by atoms with van der Waals surface area (Å²) in [5, 5.41) is 11.7. The van der Waals surface area contributed by atoms with Crippen molar-refractivity contribution in [1.82, 2.24) is 4.90 Å². The molecule has 1 amide bonds.